The number of carboxylic acids is 1. The van der Waals surface area contributed by atoms with Crippen molar-refractivity contribution in [2.45, 2.75) is 361 Å². The number of likely N-dealkylation sites (tertiary alicyclic amines) is 2. The average Bonchev–Trinajstić information content (AvgIpc) is 1.80. The van der Waals surface area contributed by atoms with E-state index in [2.05, 4.69) is 101 Å². The van der Waals surface area contributed by atoms with Crippen LogP contribution in [0.25, 0.3) is 0 Å². The van der Waals surface area contributed by atoms with E-state index in [1.165, 1.54) is 141 Å². The molecule has 0 radical (unpaired) electrons. The highest BCUT2D eigenvalue weighted by atomic mass is 16.4. The third kappa shape index (κ3) is 38.8. The molecule has 142 heavy (non-hydrogen) atoms. The summed E-state index contributed by atoms with van der Waals surface area (Å²) in [5.74, 6) is -21.5. The molecule has 25 N–H and O–H groups in total. The van der Waals surface area contributed by atoms with Crippen LogP contribution >= 0.6 is 0 Å². The molecule has 0 unspecified atom stereocenters. The SMILES string of the molecule is CC(=O)NC(C)(C)C(=O)N1CCC[C@H]1C(=O)NC(C)(C)C(=O)N[C@@H](C)C(=O)NC(C)(C)C(=O)N[C@@H](C)C(=O)N[C@@H](CCC(N)=O)C(=O)NC(C)(C)C(=O)N[C@H](C(=O)NC(C)(C)C(=O)NCC(=O)N[C@@H](CC(C)C)C(=O)NC(C)(C)C(=O)N1CCC[C@H]1C(=O)N[C@H](C(=O)NC(C)(C)C(=O)NC(C)(C)C(=O)N[C@@H](CCC(=O)O)C(=O)N[C@@H](CCC(N)=O)C(=O)N[C@H](CNCCO)Cc1ccccc1)C(C)C)C(C)C. The number of benzene rings is 1. The normalized spacial score (nSPS) is 16.1. The van der Waals surface area contributed by atoms with E-state index in [4.69, 9.17) is 11.5 Å². The maximum Gasteiger partial charge on any atom is 0.303 e. The number of amides is 22. The zero-order valence-corrected chi connectivity index (χ0v) is 86.5. The maximum absolute atomic E-state index is 14.6. The van der Waals surface area contributed by atoms with Crippen molar-refractivity contribution in [3.05, 3.63) is 35.9 Å². The van der Waals surface area contributed by atoms with Crippen molar-refractivity contribution < 1.29 is 120 Å². The van der Waals surface area contributed by atoms with Crippen molar-refractivity contribution in [1.29, 1.82) is 0 Å². The van der Waals surface area contributed by atoms with E-state index in [1.807, 2.05) is 12.1 Å². The Kier molecular flexibility index (Phi) is 46.1. The molecule has 11 atom stereocenters. The van der Waals surface area contributed by atoms with Crippen molar-refractivity contribution in [1.82, 2.24) is 111 Å². The molecule has 2 heterocycles. The third-order valence-electron chi connectivity index (χ3n) is 23.6. The standard InChI is InChI=1S/C94H155N23O25/c1-49(2)45-60(74(130)111-94(24,25)86(142)116-42-29-33-61(116)75(131)106-67(50(3)4)77(133)114-92(20,21)84(140)115-91(18,19)82(138)105-58(37-40-66(123)124)72(128)104-57(35-38-63(95)120)71(127)101-56(47-97-41-44-118)46-55-31-27-26-28-32-55)102-65(122)48-98-79(135)87(10,11)113-78(134)68(51(5)6)107-83(139)90(16,17)110-73(129)59(36-39-64(96)121)103-69(125)52(7)99-80(136)88(12,13)109-70(126)53(8)100-81(137)89(14,15)112-76(132)62-34-30-43-117(62)85(141)93(22,23)108-54(9)119/h26-28,31-32,49-53,56-62,67-68,97,118H,29-30,33-48H2,1-25H3,(H2,95,120)(H2,96,121)(H,98,135)(H,99,136)(H,100,137)(H,101,127)(H,102,122)(H,103,125)(H,104,128)(H,105,138)(H,106,131)(H,107,139)(H,108,119)(H,109,126)(H,110,129)(H,111,130)(H,112,132)(H,113,134)(H,114,133)(H,115,140)(H,123,124)/t52-,53-,56-,57-,58-,59-,60-,61-,62-,67-,68-/m0/s1. The Morgan fingerprint density at radius 1 is 0.394 bits per heavy atom. The highest BCUT2D eigenvalue weighted by molar-refractivity contribution is 6.05. The van der Waals surface area contributed by atoms with E-state index in [9.17, 15) is 120 Å². The number of aliphatic hydroxyl groups is 1. The lowest BCUT2D eigenvalue weighted by atomic mass is 9.96. The number of nitrogens with zero attached hydrogens (tertiary/aromatic N) is 2. The van der Waals surface area contributed by atoms with Crippen LogP contribution in [0.15, 0.2) is 30.3 Å². The highest BCUT2D eigenvalue weighted by Crippen LogP contribution is 2.27. The number of hydrogen-bond acceptors (Lipinski definition) is 25. The quantitative estimate of drug-likeness (QED) is 0.0272. The third-order valence-corrected chi connectivity index (χ3v) is 23.6. The van der Waals surface area contributed by atoms with Crippen LogP contribution in [0.5, 0.6) is 0 Å². The summed E-state index contributed by atoms with van der Waals surface area (Å²) in [4.78, 5) is 316. The first-order chi connectivity index (χ1) is 65.3. The number of carbonyl (C=O) groups excluding carboxylic acids is 22. The number of aliphatic hydroxyl groups excluding tert-OH is 1. The number of nitrogens with one attached hydrogen (secondary N) is 19. The van der Waals surface area contributed by atoms with Gasteiger partial charge in [0.05, 0.1) is 13.2 Å². The van der Waals surface area contributed by atoms with Crippen LogP contribution in [0, 0.1) is 17.8 Å². The van der Waals surface area contributed by atoms with Gasteiger partial charge in [-0.1, -0.05) is 71.9 Å². The molecule has 1 aromatic rings. The topological polar surface area (TPSA) is 720 Å². The van der Waals surface area contributed by atoms with Crippen molar-refractivity contribution in [2.75, 3.05) is 39.3 Å². The van der Waals surface area contributed by atoms with Crippen LogP contribution in [0.3, 0.4) is 0 Å². The minimum Gasteiger partial charge on any atom is -0.481 e. The van der Waals surface area contributed by atoms with Gasteiger partial charge in [-0.2, -0.15) is 0 Å². The largest absolute Gasteiger partial charge is 0.481 e. The Morgan fingerprint density at radius 3 is 1.26 bits per heavy atom. The fourth-order valence-corrected chi connectivity index (χ4v) is 15.1. The van der Waals surface area contributed by atoms with Gasteiger partial charge in [-0.25, -0.2) is 0 Å². The van der Waals surface area contributed by atoms with E-state index in [-0.39, 0.29) is 70.8 Å². The Morgan fingerprint density at radius 2 is 0.782 bits per heavy atom. The van der Waals surface area contributed by atoms with Crippen molar-refractivity contribution in [3.8, 4) is 0 Å². The lowest BCUT2D eigenvalue weighted by Crippen LogP contribution is -2.66. The molecule has 2 saturated heterocycles. The molecule has 22 amide bonds. The molecule has 2 aliphatic rings. The second kappa shape index (κ2) is 53.2. The first kappa shape index (κ1) is 123. The lowest BCUT2D eigenvalue weighted by Gasteiger charge is -2.36. The van der Waals surface area contributed by atoms with Gasteiger partial charge in [0.25, 0.3) is 0 Å². The molecular weight excluding hydrogens is 1850 g/mol. The number of aliphatic carboxylic acids is 1. The molecule has 0 spiro atoms. The van der Waals surface area contributed by atoms with Gasteiger partial charge in [0.2, 0.25) is 130 Å². The summed E-state index contributed by atoms with van der Waals surface area (Å²) in [5, 5.41) is 68.1. The number of carbonyl (C=O) groups is 23. The van der Waals surface area contributed by atoms with Gasteiger partial charge in [-0.3, -0.25) is 110 Å². The molecule has 796 valence electrons. The fraction of sp³-hybridized carbons (Fsp3) is 0.691. The smallest absolute Gasteiger partial charge is 0.303 e. The van der Waals surface area contributed by atoms with Gasteiger partial charge >= 0.3 is 5.97 Å². The Labute approximate surface area is 828 Å². The molecule has 2 aliphatic heterocycles. The molecule has 0 aliphatic carbocycles. The van der Waals surface area contributed by atoms with Gasteiger partial charge in [0.15, 0.2) is 0 Å². The molecule has 48 heteroatoms. The van der Waals surface area contributed by atoms with E-state index in [0.29, 0.717) is 19.3 Å². The molecule has 2 fully saturated rings. The zero-order chi connectivity index (χ0) is 109. The van der Waals surface area contributed by atoms with Crippen LogP contribution in [0.2, 0.25) is 0 Å². The van der Waals surface area contributed by atoms with Gasteiger partial charge < -0.3 is 132 Å². The number of hydrogen-bond donors (Lipinski definition) is 23. The van der Waals surface area contributed by atoms with E-state index in [0.717, 1.165) is 5.56 Å². The fourth-order valence-electron chi connectivity index (χ4n) is 15.1. The van der Waals surface area contributed by atoms with Gasteiger partial charge in [0, 0.05) is 58.4 Å². The minimum atomic E-state index is -1.92. The predicted molar refractivity (Wildman–Crippen MR) is 518 cm³/mol. The predicted octanol–water partition coefficient (Wildman–Crippen LogP) is -4.76. The number of nitrogens with two attached hydrogens (primary N) is 2. The maximum atomic E-state index is 14.6. The Hall–Kier alpha value is -13.0. The molecule has 0 saturated carbocycles. The number of primary amides is 2. The molecule has 48 nitrogen and oxygen atoms in total. The first-order valence-corrected chi connectivity index (χ1v) is 47.6. The summed E-state index contributed by atoms with van der Waals surface area (Å²) in [6, 6.07) is -5.28. The first-order valence-electron chi connectivity index (χ1n) is 47.6. The Bertz CT molecular complexity index is 4760. The highest BCUT2D eigenvalue weighted by Gasteiger charge is 2.49. The minimum absolute atomic E-state index is 0.00349. The summed E-state index contributed by atoms with van der Waals surface area (Å²) in [5.41, 5.74) is -2.36. The monoisotopic (exact) mass is 2010 g/mol. The summed E-state index contributed by atoms with van der Waals surface area (Å²) in [6.45, 7) is 34.6. The van der Waals surface area contributed by atoms with E-state index in [1.54, 1.807) is 59.7 Å². The molecule has 3 rings (SSSR count). The summed E-state index contributed by atoms with van der Waals surface area (Å²) >= 11 is 0. The van der Waals surface area contributed by atoms with Gasteiger partial charge in [-0.05, 0) is 206 Å². The van der Waals surface area contributed by atoms with Crippen LogP contribution in [-0.4, -0.2) is 306 Å². The van der Waals surface area contributed by atoms with Crippen LogP contribution < -0.4 is 112 Å². The van der Waals surface area contributed by atoms with E-state index < -0.39 is 291 Å². The molecular formula is C94H155N23O25. The zero-order valence-electron chi connectivity index (χ0n) is 86.5. The number of rotatable bonds is 56. The Balaban J connectivity index is 1.66. The average molecular weight is 2010 g/mol. The van der Waals surface area contributed by atoms with Crippen molar-refractivity contribution in [3.63, 3.8) is 0 Å². The van der Waals surface area contributed by atoms with Gasteiger partial charge in [0.1, 0.15) is 105 Å². The number of carboxylic acid groups (broad SMARTS) is 1. The molecule has 1 aromatic carbocycles. The summed E-state index contributed by atoms with van der Waals surface area (Å²) in [7, 11) is 0. The molecule has 0 bridgehead atoms. The van der Waals surface area contributed by atoms with E-state index >= 15 is 0 Å². The van der Waals surface area contributed by atoms with Crippen molar-refractivity contribution in [2.24, 2.45) is 29.2 Å². The summed E-state index contributed by atoms with van der Waals surface area (Å²) in [6.07, 6.45) is -1.28. The van der Waals surface area contributed by atoms with Crippen molar-refractivity contribution >= 4 is 136 Å². The van der Waals surface area contributed by atoms with Crippen LogP contribution in [-0.2, 0) is 117 Å². The van der Waals surface area contributed by atoms with Crippen LogP contribution in [0.1, 0.15) is 249 Å². The lowest BCUT2D eigenvalue weighted by molar-refractivity contribution is -0.146. The molecule has 0 aromatic heterocycles. The van der Waals surface area contributed by atoms with Gasteiger partial charge in [-0.15, -0.1) is 0 Å². The second-order valence-electron chi connectivity index (χ2n) is 41.5. The second-order valence-corrected chi connectivity index (χ2v) is 41.5. The van der Waals surface area contributed by atoms with Crippen LogP contribution in [0.4, 0.5) is 0 Å². The summed E-state index contributed by atoms with van der Waals surface area (Å²) < 4.78 is 0.